The van der Waals surface area contributed by atoms with E-state index in [-0.39, 0.29) is 0 Å². The monoisotopic (exact) mass is 236 g/mol. The summed E-state index contributed by atoms with van der Waals surface area (Å²) in [5.41, 5.74) is 0.895. The Morgan fingerprint density at radius 2 is 2.38 bits per heavy atom. The molecule has 3 heterocycles. The fourth-order valence-corrected chi connectivity index (χ4v) is 2.40. The first-order chi connectivity index (χ1) is 7.86. The van der Waals surface area contributed by atoms with Crippen LogP contribution in [0.2, 0.25) is 0 Å². The number of nitrogens with zero attached hydrogens (tertiary/aromatic N) is 4. The van der Waals surface area contributed by atoms with Crippen molar-refractivity contribution in [1.82, 2.24) is 14.6 Å². The predicted molar refractivity (Wildman–Crippen MR) is 64.0 cm³/mol. The van der Waals surface area contributed by atoms with Gasteiger partial charge in [-0.3, -0.25) is 0 Å². The summed E-state index contributed by atoms with van der Waals surface area (Å²) in [6.07, 6.45) is 4.87. The Hall–Kier alpha value is -1.29. The second kappa shape index (κ2) is 3.94. The van der Waals surface area contributed by atoms with Gasteiger partial charge < -0.3 is 4.90 Å². The first-order valence-corrected chi connectivity index (χ1v) is 6.01. The second-order valence-corrected chi connectivity index (χ2v) is 4.48. The first-order valence-electron chi connectivity index (χ1n) is 5.48. The fraction of sp³-hybridized carbons (Fsp3) is 0.455. The van der Waals surface area contributed by atoms with E-state index in [9.17, 15) is 0 Å². The van der Waals surface area contributed by atoms with Crippen LogP contribution in [0.3, 0.4) is 0 Å². The van der Waals surface area contributed by atoms with Crippen molar-refractivity contribution in [2.45, 2.75) is 6.42 Å². The molecule has 84 valence electrons. The summed E-state index contributed by atoms with van der Waals surface area (Å²) in [5.74, 6) is 2.37. The summed E-state index contributed by atoms with van der Waals surface area (Å²) in [6, 6.07) is 3.93. The van der Waals surface area contributed by atoms with Gasteiger partial charge in [0.15, 0.2) is 5.65 Å². The lowest BCUT2D eigenvalue weighted by molar-refractivity contribution is 0.666. The molecule has 1 unspecified atom stereocenters. The molecule has 0 spiro atoms. The highest BCUT2D eigenvalue weighted by Crippen LogP contribution is 2.23. The van der Waals surface area contributed by atoms with Crippen molar-refractivity contribution in [3.63, 3.8) is 0 Å². The molecule has 0 aliphatic carbocycles. The van der Waals surface area contributed by atoms with Crippen molar-refractivity contribution in [2.75, 3.05) is 23.9 Å². The molecular weight excluding hydrogens is 224 g/mol. The van der Waals surface area contributed by atoms with E-state index in [0.717, 1.165) is 36.9 Å². The highest BCUT2D eigenvalue weighted by atomic mass is 35.5. The Kier molecular flexibility index (Phi) is 2.44. The number of rotatable bonds is 2. The molecule has 0 aromatic carbocycles. The number of alkyl halides is 1. The lowest BCUT2D eigenvalue weighted by atomic mass is 10.2. The SMILES string of the molecule is ClCC1CCN(c2ccn3nccc3n2)C1. The van der Waals surface area contributed by atoms with Gasteiger partial charge in [0.1, 0.15) is 5.82 Å². The molecular formula is C11H13ClN4. The summed E-state index contributed by atoms with van der Waals surface area (Å²) in [7, 11) is 0. The third-order valence-corrected chi connectivity index (χ3v) is 3.51. The van der Waals surface area contributed by atoms with Crippen molar-refractivity contribution >= 4 is 23.1 Å². The van der Waals surface area contributed by atoms with Crippen LogP contribution in [0.1, 0.15) is 6.42 Å². The maximum absolute atomic E-state index is 5.88. The molecule has 3 rings (SSSR count). The molecule has 0 radical (unpaired) electrons. The average Bonchev–Trinajstić information content (AvgIpc) is 2.96. The molecule has 0 saturated carbocycles. The topological polar surface area (TPSA) is 33.4 Å². The van der Waals surface area contributed by atoms with E-state index in [1.807, 2.05) is 18.3 Å². The van der Waals surface area contributed by atoms with Crippen molar-refractivity contribution < 1.29 is 0 Å². The molecule has 16 heavy (non-hydrogen) atoms. The normalized spacial score (nSPS) is 20.8. The van der Waals surface area contributed by atoms with E-state index >= 15 is 0 Å². The molecule has 1 aliphatic heterocycles. The molecule has 0 amide bonds. The Morgan fingerprint density at radius 1 is 1.44 bits per heavy atom. The van der Waals surface area contributed by atoms with Gasteiger partial charge in [-0.25, -0.2) is 9.50 Å². The fourth-order valence-electron chi connectivity index (χ4n) is 2.15. The molecule has 2 aromatic heterocycles. The molecule has 0 bridgehead atoms. The van der Waals surface area contributed by atoms with Gasteiger partial charge in [0.2, 0.25) is 0 Å². The summed E-state index contributed by atoms with van der Waals surface area (Å²) in [5, 5.41) is 4.13. The van der Waals surface area contributed by atoms with Gasteiger partial charge in [0.25, 0.3) is 0 Å². The molecule has 1 atom stereocenters. The molecule has 1 saturated heterocycles. The maximum atomic E-state index is 5.88. The minimum absolute atomic E-state index is 0.601. The molecule has 0 N–H and O–H groups in total. The predicted octanol–water partition coefficient (Wildman–Crippen LogP) is 1.79. The minimum Gasteiger partial charge on any atom is -0.356 e. The lowest BCUT2D eigenvalue weighted by Crippen LogP contribution is -2.21. The van der Waals surface area contributed by atoms with Gasteiger partial charge in [0.05, 0.1) is 6.20 Å². The summed E-state index contributed by atoms with van der Waals surface area (Å²) < 4.78 is 1.78. The van der Waals surface area contributed by atoms with Gasteiger partial charge >= 0.3 is 0 Å². The van der Waals surface area contributed by atoms with Crippen LogP contribution >= 0.6 is 11.6 Å². The standard InChI is InChI=1S/C11H13ClN4/c12-7-9-2-5-15(8-9)10-3-6-16-11(14-10)1-4-13-16/h1,3-4,6,9H,2,5,7-8H2. The molecule has 4 nitrogen and oxygen atoms in total. The minimum atomic E-state index is 0.601. The quantitative estimate of drug-likeness (QED) is 0.746. The van der Waals surface area contributed by atoms with Gasteiger partial charge in [-0.15, -0.1) is 11.6 Å². The van der Waals surface area contributed by atoms with Crippen LogP contribution in [0.25, 0.3) is 5.65 Å². The highest BCUT2D eigenvalue weighted by molar-refractivity contribution is 6.18. The van der Waals surface area contributed by atoms with Crippen LogP contribution in [-0.4, -0.2) is 33.6 Å². The van der Waals surface area contributed by atoms with Crippen LogP contribution in [0.15, 0.2) is 24.5 Å². The van der Waals surface area contributed by atoms with Crippen LogP contribution in [0.4, 0.5) is 5.82 Å². The molecule has 1 fully saturated rings. The van der Waals surface area contributed by atoms with E-state index in [0.29, 0.717) is 5.92 Å². The van der Waals surface area contributed by atoms with Gasteiger partial charge in [-0.05, 0) is 18.4 Å². The maximum Gasteiger partial charge on any atom is 0.157 e. The largest absolute Gasteiger partial charge is 0.356 e. The molecule has 2 aromatic rings. The van der Waals surface area contributed by atoms with Crippen molar-refractivity contribution in [3.05, 3.63) is 24.5 Å². The van der Waals surface area contributed by atoms with Crippen molar-refractivity contribution in [2.24, 2.45) is 5.92 Å². The second-order valence-electron chi connectivity index (χ2n) is 4.17. The van der Waals surface area contributed by atoms with Crippen LogP contribution in [0.5, 0.6) is 0 Å². The van der Waals surface area contributed by atoms with Gasteiger partial charge in [0, 0.05) is 31.2 Å². The summed E-state index contributed by atoms with van der Waals surface area (Å²) in [4.78, 5) is 6.86. The Bertz CT molecular complexity index is 495. The lowest BCUT2D eigenvalue weighted by Gasteiger charge is -2.16. The Balaban J connectivity index is 1.88. The number of hydrogen-bond acceptors (Lipinski definition) is 3. The Morgan fingerprint density at radius 3 is 3.19 bits per heavy atom. The van der Waals surface area contributed by atoms with E-state index < -0.39 is 0 Å². The summed E-state index contributed by atoms with van der Waals surface area (Å²) in [6.45, 7) is 2.06. The smallest absolute Gasteiger partial charge is 0.157 e. The number of anilines is 1. The highest BCUT2D eigenvalue weighted by Gasteiger charge is 2.22. The van der Waals surface area contributed by atoms with Crippen LogP contribution in [0, 0.1) is 5.92 Å². The third-order valence-electron chi connectivity index (χ3n) is 3.07. The van der Waals surface area contributed by atoms with E-state index in [4.69, 9.17) is 11.6 Å². The molecule has 1 aliphatic rings. The van der Waals surface area contributed by atoms with E-state index in [1.54, 1.807) is 10.7 Å². The third kappa shape index (κ3) is 1.63. The zero-order chi connectivity index (χ0) is 11.0. The number of fused-ring (bicyclic) bond motifs is 1. The average molecular weight is 237 g/mol. The van der Waals surface area contributed by atoms with Crippen molar-refractivity contribution in [1.29, 1.82) is 0 Å². The zero-order valence-corrected chi connectivity index (χ0v) is 9.64. The first kappa shape index (κ1) is 9.90. The van der Waals surface area contributed by atoms with Gasteiger partial charge in [-0.2, -0.15) is 5.10 Å². The van der Waals surface area contributed by atoms with Crippen LogP contribution < -0.4 is 4.90 Å². The summed E-state index contributed by atoms with van der Waals surface area (Å²) >= 11 is 5.88. The number of hydrogen-bond donors (Lipinski definition) is 0. The van der Waals surface area contributed by atoms with Gasteiger partial charge in [-0.1, -0.05) is 0 Å². The van der Waals surface area contributed by atoms with E-state index in [2.05, 4.69) is 15.0 Å². The number of aromatic nitrogens is 3. The van der Waals surface area contributed by atoms with Crippen molar-refractivity contribution in [3.8, 4) is 0 Å². The van der Waals surface area contributed by atoms with Crippen LogP contribution in [-0.2, 0) is 0 Å². The number of halogens is 1. The zero-order valence-electron chi connectivity index (χ0n) is 8.88. The molecule has 5 heteroatoms. The van der Waals surface area contributed by atoms with E-state index in [1.165, 1.54) is 0 Å². The Labute approximate surface area is 98.8 Å².